The maximum absolute atomic E-state index is 12.7. The summed E-state index contributed by atoms with van der Waals surface area (Å²) in [4.78, 5) is 28.9. The van der Waals surface area contributed by atoms with E-state index < -0.39 is 4.92 Å². The third-order valence-corrected chi connectivity index (χ3v) is 6.14. The van der Waals surface area contributed by atoms with E-state index in [9.17, 15) is 14.9 Å². The molecule has 4 rings (SSSR count). The minimum Gasteiger partial charge on any atom is -0.298 e. The van der Waals surface area contributed by atoms with Gasteiger partial charge in [0.2, 0.25) is 0 Å². The smallest absolute Gasteiger partial charge is 0.269 e. The highest BCUT2D eigenvalue weighted by atomic mass is 32.1. The molecule has 6 nitrogen and oxygen atoms in total. The van der Waals surface area contributed by atoms with E-state index in [4.69, 9.17) is 4.98 Å². The Morgan fingerprint density at radius 1 is 0.938 bits per heavy atom. The fraction of sp³-hybridized carbons (Fsp3) is 0.120. The minimum atomic E-state index is -0.427. The molecule has 0 unspecified atom stereocenters. The van der Waals surface area contributed by atoms with Crippen molar-refractivity contribution in [2.24, 2.45) is 0 Å². The Hall–Kier alpha value is -3.84. The van der Waals surface area contributed by atoms with Gasteiger partial charge in [0.15, 0.2) is 5.13 Å². The summed E-state index contributed by atoms with van der Waals surface area (Å²) in [5, 5.41) is 14.4. The quantitative estimate of drug-likeness (QED) is 0.279. The van der Waals surface area contributed by atoms with Crippen molar-refractivity contribution in [1.29, 1.82) is 0 Å². The van der Waals surface area contributed by atoms with E-state index in [1.54, 1.807) is 24.3 Å². The molecule has 7 heteroatoms. The number of aromatic nitrogens is 1. The fourth-order valence-electron chi connectivity index (χ4n) is 3.44. The Labute approximate surface area is 189 Å². The molecule has 0 aliphatic carbocycles. The van der Waals surface area contributed by atoms with Gasteiger partial charge >= 0.3 is 0 Å². The zero-order valence-corrected chi connectivity index (χ0v) is 18.7. The lowest BCUT2D eigenvalue weighted by molar-refractivity contribution is -0.384. The second-order valence-corrected chi connectivity index (χ2v) is 8.64. The van der Waals surface area contributed by atoms with Crippen LogP contribution in [-0.4, -0.2) is 15.8 Å². The third-order valence-electron chi connectivity index (χ3n) is 5.14. The predicted octanol–water partition coefficient (Wildman–Crippen LogP) is 6.56. The van der Waals surface area contributed by atoms with Gasteiger partial charge in [-0.05, 0) is 56.2 Å². The molecule has 0 aliphatic heterocycles. The van der Waals surface area contributed by atoms with Crippen LogP contribution in [0.5, 0.6) is 0 Å². The van der Waals surface area contributed by atoms with Crippen LogP contribution in [0.25, 0.3) is 21.7 Å². The van der Waals surface area contributed by atoms with Gasteiger partial charge < -0.3 is 0 Å². The highest BCUT2D eigenvalue weighted by Gasteiger charge is 2.19. The summed E-state index contributed by atoms with van der Waals surface area (Å²) in [7, 11) is 0. The third kappa shape index (κ3) is 4.43. The van der Waals surface area contributed by atoms with Crippen molar-refractivity contribution < 1.29 is 9.72 Å². The van der Waals surface area contributed by atoms with E-state index in [1.165, 1.54) is 23.5 Å². The molecule has 32 heavy (non-hydrogen) atoms. The number of rotatable bonds is 5. The lowest BCUT2D eigenvalue weighted by Crippen LogP contribution is -2.11. The van der Waals surface area contributed by atoms with Crippen LogP contribution in [0.2, 0.25) is 0 Å². The molecular formula is C25H21N3O3S. The molecule has 0 atom stereocenters. The SMILES string of the molecule is Cc1ccc(C(=O)Nc2nc(-c3ccc([N+](=O)[O-])cc3)c(-c3ccc(C)cc3C)s2)cc1. The first-order valence-corrected chi connectivity index (χ1v) is 10.8. The highest BCUT2D eigenvalue weighted by molar-refractivity contribution is 7.19. The summed E-state index contributed by atoms with van der Waals surface area (Å²) in [6.45, 7) is 6.04. The molecule has 0 bridgehead atoms. The number of carbonyl (C=O) groups is 1. The first kappa shape index (κ1) is 21.4. The average molecular weight is 444 g/mol. The van der Waals surface area contributed by atoms with Crippen molar-refractivity contribution in [3.8, 4) is 21.7 Å². The van der Waals surface area contributed by atoms with E-state index in [0.29, 0.717) is 16.4 Å². The van der Waals surface area contributed by atoms with Crippen LogP contribution < -0.4 is 5.32 Å². The molecule has 0 spiro atoms. The Morgan fingerprint density at radius 2 is 1.59 bits per heavy atom. The van der Waals surface area contributed by atoms with Crippen LogP contribution >= 0.6 is 11.3 Å². The predicted molar refractivity (Wildman–Crippen MR) is 128 cm³/mol. The molecule has 0 saturated heterocycles. The number of amides is 1. The molecule has 1 aromatic heterocycles. The van der Waals surface area contributed by atoms with Gasteiger partial charge in [-0.25, -0.2) is 4.98 Å². The first-order valence-electron chi connectivity index (χ1n) is 10.0. The molecule has 0 radical (unpaired) electrons. The van der Waals surface area contributed by atoms with Crippen LogP contribution in [0.4, 0.5) is 10.8 Å². The Balaban J connectivity index is 1.76. The summed E-state index contributed by atoms with van der Waals surface area (Å²) in [5.74, 6) is -0.235. The standard InChI is InChI=1S/C25H21N3O3S/c1-15-4-7-19(8-5-15)24(29)27-25-26-22(18-9-11-20(12-10-18)28(30)31)23(32-25)21-13-6-16(2)14-17(21)3/h4-14H,1-3H3,(H,26,27,29). The number of non-ortho nitro benzene ring substituents is 1. The molecule has 1 N–H and O–H groups in total. The van der Waals surface area contributed by atoms with Gasteiger partial charge in [-0.3, -0.25) is 20.2 Å². The van der Waals surface area contributed by atoms with Gasteiger partial charge in [-0.15, -0.1) is 0 Å². The number of anilines is 1. The molecule has 3 aromatic carbocycles. The molecule has 1 amide bonds. The first-order chi connectivity index (χ1) is 15.3. The maximum Gasteiger partial charge on any atom is 0.269 e. The van der Waals surface area contributed by atoms with Crippen molar-refractivity contribution in [3.63, 3.8) is 0 Å². The number of hydrogen-bond donors (Lipinski definition) is 1. The van der Waals surface area contributed by atoms with Crippen LogP contribution in [0.1, 0.15) is 27.0 Å². The maximum atomic E-state index is 12.7. The number of aryl methyl sites for hydroxylation is 3. The molecule has 4 aromatic rings. The number of nitro groups is 1. The monoisotopic (exact) mass is 443 g/mol. The zero-order chi connectivity index (χ0) is 22.8. The van der Waals surface area contributed by atoms with Gasteiger partial charge in [-0.2, -0.15) is 0 Å². The van der Waals surface area contributed by atoms with Crippen LogP contribution in [0.15, 0.2) is 66.7 Å². The molecule has 0 saturated carbocycles. The van der Waals surface area contributed by atoms with Gasteiger partial charge in [0.05, 0.1) is 15.5 Å². The van der Waals surface area contributed by atoms with Crippen LogP contribution in [-0.2, 0) is 0 Å². The summed E-state index contributed by atoms with van der Waals surface area (Å²) >= 11 is 1.39. The molecule has 0 aliphatic rings. The number of thiazole rings is 1. The number of carbonyl (C=O) groups excluding carboxylic acids is 1. The van der Waals surface area contributed by atoms with E-state index in [-0.39, 0.29) is 11.6 Å². The summed E-state index contributed by atoms with van der Waals surface area (Å²) < 4.78 is 0. The van der Waals surface area contributed by atoms with Gasteiger partial charge in [-0.1, -0.05) is 52.8 Å². The zero-order valence-electron chi connectivity index (χ0n) is 17.9. The second-order valence-electron chi connectivity index (χ2n) is 7.64. The minimum absolute atomic E-state index is 0.0185. The average Bonchev–Trinajstić information content (AvgIpc) is 3.17. The number of nitro benzene ring substituents is 1. The van der Waals surface area contributed by atoms with E-state index in [0.717, 1.165) is 32.7 Å². The number of nitrogens with one attached hydrogen (secondary N) is 1. The van der Waals surface area contributed by atoms with Crippen molar-refractivity contribution in [2.75, 3.05) is 5.32 Å². The molecule has 0 fully saturated rings. The largest absolute Gasteiger partial charge is 0.298 e. The van der Waals surface area contributed by atoms with E-state index in [2.05, 4.69) is 11.4 Å². The number of hydrogen-bond acceptors (Lipinski definition) is 5. The van der Waals surface area contributed by atoms with Crippen molar-refractivity contribution in [2.45, 2.75) is 20.8 Å². The van der Waals surface area contributed by atoms with E-state index in [1.807, 2.05) is 45.0 Å². The molecule has 160 valence electrons. The summed E-state index contributed by atoms with van der Waals surface area (Å²) in [5.41, 5.74) is 6.33. The van der Waals surface area contributed by atoms with Crippen LogP contribution in [0, 0.1) is 30.9 Å². The topological polar surface area (TPSA) is 85.1 Å². The Kier molecular flexibility index (Phi) is 5.83. The summed E-state index contributed by atoms with van der Waals surface area (Å²) in [6, 6.07) is 19.8. The van der Waals surface area contributed by atoms with Crippen molar-refractivity contribution in [1.82, 2.24) is 4.98 Å². The normalized spacial score (nSPS) is 10.7. The van der Waals surface area contributed by atoms with Crippen molar-refractivity contribution >= 4 is 28.1 Å². The van der Waals surface area contributed by atoms with Crippen molar-refractivity contribution in [3.05, 3.63) is 99.1 Å². The van der Waals surface area contributed by atoms with Gasteiger partial charge in [0.25, 0.3) is 11.6 Å². The van der Waals surface area contributed by atoms with Crippen LogP contribution in [0.3, 0.4) is 0 Å². The number of benzene rings is 3. The molecule has 1 heterocycles. The number of nitrogens with zero attached hydrogens (tertiary/aromatic N) is 2. The summed E-state index contributed by atoms with van der Waals surface area (Å²) in [6.07, 6.45) is 0. The van der Waals surface area contributed by atoms with Gasteiger partial charge in [0, 0.05) is 23.3 Å². The molecular weight excluding hydrogens is 422 g/mol. The lowest BCUT2D eigenvalue weighted by Gasteiger charge is -2.07. The van der Waals surface area contributed by atoms with Gasteiger partial charge in [0.1, 0.15) is 0 Å². The lowest BCUT2D eigenvalue weighted by atomic mass is 10.0. The Morgan fingerprint density at radius 3 is 2.22 bits per heavy atom. The highest BCUT2D eigenvalue weighted by Crippen LogP contribution is 2.41. The second kappa shape index (κ2) is 8.72. The van der Waals surface area contributed by atoms with E-state index >= 15 is 0 Å². The Bertz CT molecular complexity index is 1310. The fourth-order valence-corrected chi connectivity index (χ4v) is 4.51.